The minimum atomic E-state index is -0.123. The third kappa shape index (κ3) is 3.80. The zero-order valence-electron chi connectivity index (χ0n) is 13.7. The fraction of sp³-hybridized carbons (Fsp3) is 0.235. The van der Waals surface area contributed by atoms with Crippen LogP contribution in [0.1, 0.15) is 11.5 Å². The van der Waals surface area contributed by atoms with Gasteiger partial charge in [0.2, 0.25) is 5.91 Å². The van der Waals surface area contributed by atoms with Crippen molar-refractivity contribution in [3.63, 3.8) is 0 Å². The molecule has 0 atom stereocenters. The third-order valence-corrected chi connectivity index (χ3v) is 4.24. The maximum atomic E-state index is 12.1. The number of amides is 1. The van der Waals surface area contributed by atoms with E-state index >= 15 is 0 Å². The number of nitrogens with one attached hydrogen (secondary N) is 1. The van der Waals surface area contributed by atoms with Gasteiger partial charge in [0, 0.05) is 19.5 Å². The molecule has 124 valence electrons. The summed E-state index contributed by atoms with van der Waals surface area (Å²) in [5.74, 6) is 2.29. The highest BCUT2D eigenvalue weighted by atomic mass is 32.1. The molecular weight excluding hydrogens is 324 g/mol. The van der Waals surface area contributed by atoms with Crippen LogP contribution in [0.15, 0.2) is 40.3 Å². The molecule has 24 heavy (non-hydrogen) atoms. The molecule has 7 heteroatoms. The number of nitrogens with zero attached hydrogens (tertiary/aromatic N) is 3. The normalized spacial score (nSPS) is 10.6. The van der Waals surface area contributed by atoms with Crippen molar-refractivity contribution in [2.45, 2.75) is 13.3 Å². The van der Waals surface area contributed by atoms with Gasteiger partial charge in [0.05, 0.1) is 24.0 Å². The molecule has 0 aromatic carbocycles. The summed E-state index contributed by atoms with van der Waals surface area (Å²) in [6, 6.07) is 7.47. The summed E-state index contributed by atoms with van der Waals surface area (Å²) in [7, 11) is 3.84. The molecule has 0 spiro atoms. The zero-order chi connectivity index (χ0) is 17.1. The summed E-state index contributed by atoms with van der Waals surface area (Å²) < 4.78 is 5.55. The second-order valence-corrected chi connectivity index (χ2v) is 6.44. The lowest BCUT2D eigenvalue weighted by atomic mass is 10.3. The number of pyridine rings is 1. The summed E-state index contributed by atoms with van der Waals surface area (Å²) in [6.45, 7) is 1.89. The van der Waals surface area contributed by atoms with Gasteiger partial charge in [-0.05, 0) is 31.2 Å². The van der Waals surface area contributed by atoms with Crippen molar-refractivity contribution in [1.29, 1.82) is 0 Å². The van der Waals surface area contributed by atoms with Crippen LogP contribution in [0.2, 0.25) is 0 Å². The van der Waals surface area contributed by atoms with Crippen LogP contribution >= 0.6 is 11.3 Å². The first-order valence-corrected chi connectivity index (χ1v) is 8.33. The quantitative estimate of drug-likeness (QED) is 0.770. The molecule has 0 unspecified atom stereocenters. The number of hydrogen-bond acceptors (Lipinski definition) is 6. The average molecular weight is 342 g/mol. The Bertz CT molecular complexity index is 836. The molecule has 0 saturated carbocycles. The van der Waals surface area contributed by atoms with E-state index in [2.05, 4.69) is 15.3 Å². The van der Waals surface area contributed by atoms with E-state index in [1.54, 1.807) is 6.20 Å². The predicted molar refractivity (Wildman–Crippen MR) is 95.5 cm³/mol. The minimum absolute atomic E-state index is 0.123. The van der Waals surface area contributed by atoms with Gasteiger partial charge in [0.1, 0.15) is 11.6 Å². The largest absolute Gasteiger partial charge is 0.459 e. The van der Waals surface area contributed by atoms with Gasteiger partial charge in [-0.25, -0.2) is 9.97 Å². The molecule has 3 rings (SSSR count). The lowest BCUT2D eigenvalue weighted by Gasteiger charge is -2.11. The van der Waals surface area contributed by atoms with Crippen molar-refractivity contribution < 1.29 is 9.21 Å². The summed E-state index contributed by atoms with van der Waals surface area (Å²) in [5.41, 5.74) is 1.39. The molecule has 0 aliphatic rings. The fourth-order valence-corrected chi connectivity index (χ4v) is 2.92. The van der Waals surface area contributed by atoms with E-state index in [1.807, 2.05) is 55.6 Å². The maximum Gasteiger partial charge on any atom is 0.230 e. The van der Waals surface area contributed by atoms with Gasteiger partial charge in [0.25, 0.3) is 0 Å². The van der Waals surface area contributed by atoms with Gasteiger partial charge in [-0.3, -0.25) is 4.79 Å². The Morgan fingerprint density at radius 2 is 2.12 bits per heavy atom. The number of carbonyl (C=O) groups excluding carboxylic acids is 1. The lowest BCUT2D eigenvalue weighted by molar-refractivity contribution is -0.115. The van der Waals surface area contributed by atoms with Crippen molar-refractivity contribution in [2.75, 3.05) is 24.3 Å². The molecule has 0 radical (unpaired) electrons. The number of hydrogen-bond donors (Lipinski definition) is 1. The predicted octanol–water partition coefficient (Wildman–Crippen LogP) is 3.35. The van der Waals surface area contributed by atoms with Crippen LogP contribution in [0.25, 0.3) is 10.8 Å². The van der Waals surface area contributed by atoms with Gasteiger partial charge in [0.15, 0.2) is 10.8 Å². The average Bonchev–Trinajstić information content (AvgIpc) is 3.16. The minimum Gasteiger partial charge on any atom is -0.459 e. The van der Waals surface area contributed by atoms with E-state index in [4.69, 9.17) is 4.42 Å². The van der Waals surface area contributed by atoms with Crippen LogP contribution in [0.5, 0.6) is 0 Å². The Morgan fingerprint density at radius 3 is 2.75 bits per heavy atom. The van der Waals surface area contributed by atoms with Crippen LogP contribution < -0.4 is 10.2 Å². The van der Waals surface area contributed by atoms with Gasteiger partial charge in [-0.15, -0.1) is 11.3 Å². The second-order valence-electron chi connectivity index (χ2n) is 5.58. The molecule has 0 aliphatic carbocycles. The Balaban J connectivity index is 1.62. The number of rotatable bonds is 5. The van der Waals surface area contributed by atoms with E-state index < -0.39 is 0 Å². The standard InChI is InChI=1S/C17H18N4O2S/c1-11-4-6-14(23-11)17-20-13(10-24-17)8-16(22)19-12-5-7-15(18-9-12)21(2)3/h4-7,9-10H,8H2,1-3H3,(H,19,22). The van der Waals surface area contributed by atoms with E-state index in [9.17, 15) is 4.79 Å². The number of aryl methyl sites for hydroxylation is 1. The molecule has 0 aliphatic heterocycles. The summed E-state index contributed by atoms with van der Waals surface area (Å²) in [5, 5.41) is 5.49. The molecule has 3 aromatic rings. The summed E-state index contributed by atoms with van der Waals surface area (Å²) >= 11 is 1.47. The van der Waals surface area contributed by atoms with E-state index in [0.717, 1.165) is 28.0 Å². The first-order chi connectivity index (χ1) is 11.5. The van der Waals surface area contributed by atoms with Crippen molar-refractivity contribution in [2.24, 2.45) is 0 Å². The van der Waals surface area contributed by atoms with E-state index in [-0.39, 0.29) is 12.3 Å². The van der Waals surface area contributed by atoms with Crippen molar-refractivity contribution in [3.8, 4) is 10.8 Å². The smallest absolute Gasteiger partial charge is 0.230 e. The molecular formula is C17H18N4O2S. The zero-order valence-corrected chi connectivity index (χ0v) is 14.6. The van der Waals surface area contributed by atoms with Crippen LogP contribution in [-0.4, -0.2) is 30.0 Å². The Labute approximate surface area is 144 Å². The molecule has 0 bridgehead atoms. The topological polar surface area (TPSA) is 71.3 Å². The highest BCUT2D eigenvalue weighted by Gasteiger charge is 2.11. The third-order valence-electron chi connectivity index (χ3n) is 3.33. The molecule has 6 nitrogen and oxygen atoms in total. The Hall–Kier alpha value is -2.67. The summed E-state index contributed by atoms with van der Waals surface area (Å²) in [6.07, 6.45) is 1.86. The van der Waals surface area contributed by atoms with E-state index in [0.29, 0.717) is 5.69 Å². The fourth-order valence-electron chi connectivity index (χ4n) is 2.15. The van der Waals surface area contributed by atoms with Gasteiger partial charge < -0.3 is 14.6 Å². The number of aromatic nitrogens is 2. The summed E-state index contributed by atoms with van der Waals surface area (Å²) in [4.78, 5) is 22.8. The number of furan rings is 1. The van der Waals surface area contributed by atoms with Crippen molar-refractivity contribution in [3.05, 3.63) is 47.3 Å². The monoisotopic (exact) mass is 342 g/mol. The van der Waals surface area contributed by atoms with E-state index in [1.165, 1.54) is 11.3 Å². The Morgan fingerprint density at radius 1 is 1.29 bits per heavy atom. The molecule has 0 fully saturated rings. The maximum absolute atomic E-state index is 12.1. The first-order valence-electron chi connectivity index (χ1n) is 7.46. The van der Waals surface area contributed by atoms with Crippen LogP contribution in [0.3, 0.4) is 0 Å². The number of anilines is 2. The number of thiazole rings is 1. The van der Waals surface area contributed by atoms with Gasteiger partial charge >= 0.3 is 0 Å². The SMILES string of the molecule is Cc1ccc(-c2nc(CC(=O)Nc3ccc(N(C)C)nc3)cs2)o1. The Kier molecular flexibility index (Phi) is 4.61. The number of carbonyl (C=O) groups is 1. The second kappa shape index (κ2) is 6.84. The highest BCUT2D eigenvalue weighted by Crippen LogP contribution is 2.25. The molecule has 1 amide bonds. The van der Waals surface area contributed by atoms with Crippen LogP contribution in [-0.2, 0) is 11.2 Å². The molecule has 0 saturated heterocycles. The van der Waals surface area contributed by atoms with Crippen LogP contribution in [0, 0.1) is 6.92 Å². The first kappa shape index (κ1) is 16.2. The molecule has 1 N–H and O–H groups in total. The van der Waals surface area contributed by atoms with Crippen molar-refractivity contribution in [1.82, 2.24) is 9.97 Å². The van der Waals surface area contributed by atoms with Gasteiger partial charge in [-0.2, -0.15) is 0 Å². The highest BCUT2D eigenvalue weighted by molar-refractivity contribution is 7.13. The van der Waals surface area contributed by atoms with Crippen LogP contribution in [0.4, 0.5) is 11.5 Å². The molecule has 3 heterocycles. The van der Waals surface area contributed by atoms with Gasteiger partial charge in [-0.1, -0.05) is 0 Å². The molecule has 3 aromatic heterocycles. The van der Waals surface area contributed by atoms with Crippen molar-refractivity contribution >= 4 is 28.7 Å². The lowest BCUT2D eigenvalue weighted by Crippen LogP contribution is -2.15.